The highest BCUT2D eigenvalue weighted by atomic mass is 31.2. The van der Waals surface area contributed by atoms with Gasteiger partial charge in [-0.1, -0.05) is 20.3 Å². The number of nitrogens with two attached hydrogens (primary N) is 1. The first-order chi connectivity index (χ1) is 7.76. The molecule has 1 unspecified atom stereocenters. The van der Waals surface area contributed by atoms with Crippen molar-refractivity contribution in [3.63, 3.8) is 0 Å². The fourth-order valence-electron chi connectivity index (χ4n) is 2.55. The Morgan fingerprint density at radius 2 is 2.06 bits per heavy atom. The third-order valence-corrected chi connectivity index (χ3v) is 6.19. The van der Waals surface area contributed by atoms with Gasteiger partial charge in [-0.2, -0.15) is 0 Å². The van der Waals surface area contributed by atoms with Crippen molar-refractivity contribution in [2.45, 2.75) is 51.0 Å². The maximum Gasteiger partial charge on any atom is 0.307 e. The smallest absolute Gasteiger partial charge is 0.307 e. The highest BCUT2D eigenvalue weighted by Gasteiger charge is 2.47. The van der Waals surface area contributed by atoms with Gasteiger partial charge in [-0.25, -0.2) is 0 Å². The molecule has 0 amide bonds. The molecule has 0 aromatic heterocycles. The molecule has 0 aromatic rings. The Balaban J connectivity index is 2.81. The van der Waals surface area contributed by atoms with Crippen molar-refractivity contribution in [2.75, 3.05) is 0 Å². The minimum absolute atomic E-state index is 0.232. The summed E-state index contributed by atoms with van der Waals surface area (Å²) in [5, 5.41) is 9.04. The van der Waals surface area contributed by atoms with E-state index in [-0.39, 0.29) is 5.92 Å². The van der Waals surface area contributed by atoms with Gasteiger partial charge in [0.25, 0.3) is 0 Å². The number of carboxylic acid groups (broad SMARTS) is 1. The molecule has 0 aliphatic heterocycles. The van der Waals surface area contributed by atoms with E-state index in [0.717, 1.165) is 0 Å². The van der Waals surface area contributed by atoms with Crippen LogP contribution in [0, 0.1) is 11.8 Å². The summed E-state index contributed by atoms with van der Waals surface area (Å²) in [6.07, 6.45) is 2.13. The average molecular weight is 263 g/mol. The molecule has 0 saturated heterocycles. The predicted molar refractivity (Wildman–Crippen MR) is 66.0 cm³/mol. The molecule has 0 bridgehead atoms. The van der Waals surface area contributed by atoms with Gasteiger partial charge in [0.2, 0.25) is 7.37 Å². The van der Waals surface area contributed by atoms with Crippen molar-refractivity contribution in [2.24, 2.45) is 17.6 Å². The lowest BCUT2D eigenvalue weighted by atomic mass is 10.1. The van der Waals surface area contributed by atoms with Crippen molar-refractivity contribution >= 4 is 13.3 Å². The molecule has 4 N–H and O–H groups in total. The van der Waals surface area contributed by atoms with Crippen molar-refractivity contribution < 1.29 is 19.4 Å². The van der Waals surface area contributed by atoms with Gasteiger partial charge in [0.15, 0.2) is 0 Å². The summed E-state index contributed by atoms with van der Waals surface area (Å²) in [6.45, 7) is 3.87. The molecule has 100 valence electrons. The van der Waals surface area contributed by atoms with Crippen molar-refractivity contribution in [1.29, 1.82) is 0 Å². The third kappa shape index (κ3) is 3.30. The Morgan fingerprint density at radius 1 is 1.47 bits per heavy atom. The monoisotopic (exact) mass is 263 g/mol. The summed E-state index contributed by atoms with van der Waals surface area (Å²) in [4.78, 5) is 21.1. The number of hydrogen-bond acceptors (Lipinski definition) is 3. The van der Waals surface area contributed by atoms with Crippen LogP contribution in [0.4, 0.5) is 0 Å². The lowest BCUT2D eigenvalue weighted by Gasteiger charge is -2.28. The van der Waals surface area contributed by atoms with Gasteiger partial charge in [0, 0.05) is 0 Å². The molecule has 0 heterocycles. The van der Waals surface area contributed by atoms with Crippen LogP contribution in [0.2, 0.25) is 0 Å². The second kappa shape index (κ2) is 5.51. The van der Waals surface area contributed by atoms with E-state index in [0.29, 0.717) is 25.7 Å². The van der Waals surface area contributed by atoms with Crippen LogP contribution in [0.5, 0.6) is 0 Å². The largest absolute Gasteiger partial charge is 0.481 e. The molecule has 17 heavy (non-hydrogen) atoms. The van der Waals surface area contributed by atoms with Gasteiger partial charge in [0.05, 0.1) is 17.4 Å². The van der Waals surface area contributed by atoms with Crippen LogP contribution < -0.4 is 5.73 Å². The van der Waals surface area contributed by atoms with E-state index in [1.807, 2.05) is 13.8 Å². The first-order valence-electron chi connectivity index (χ1n) is 6.07. The third-order valence-electron chi connectivity index (χ3n) is 3.46. The minimum Gasteiger partial charge on any atom is -0.481 e. The Hall–Kier alpha value is -0.380. The highest BCUT2D eigenvalue weighted by Crippen LogP contribution is 2.58. The summed E-state index contributed by atoms with van der Waals surface area (Å²) in [7, 11) is -3.60. The second-order valence-corrected chi connectivity index (χ2v) is 7.98. The molecule has 5 nitrogen and oxygen atoms in total. The number of carbonyl (C=O) groups is 1. The molecule has 0 spiro atoms. The van der Waals surface area contributed by atoms with Gasteiger partial charge >= 0.3 is 5.97 Å². The summed E-state index contributed by atoms with van der Waals surface area (Å²) < 4.78 is 12.3. The first kappa shape index (κ1) is 14.7. The van der Waals surface area contributed by atoms with Crippen LogP contribution in [-0.4, -0.2) is 27.4 Å². The Bertz CT molecular complexity index is 331. The number of carboxylic acids is 1. The van der Waals surface area contributed by atoms with E-state index in [9.17, 15) is 14.3 Å². The van der Waals surface area contributed by atoms with Crippen molar-refractivity contribution in [3.8, 4) is 0 Å². The molecular formula is C11H22NO4P. The molecule has 1 aliphatic carbocycles. The number of rotatable bonds is 5. The zero-order valence-electron chi connectivity index (χ0n) is 10.4. The molecule has 0 aromatic carbocycles. The molecular weight excluding hydrogens is 241 g/mol. The molecule has 1 rings (SSSR count). The van der Waals surface area contributed by atoms with E-state index in [1.165, 1.54) is 0 Å². The van der Waals surface area contributed by atoms with Crippen LogP contribution in [0.15, 0.2) is 0 Å². The van der Waals surface area contributed by atoms with E-state index in [2.05, 4.69) is 0 Å². The number of aliphatic carboxylic acids is 1. The molecule has 0 radical (unpaired) electrons. The van der Waals surface area contributed by atoms with Gasteiger partial charge in [-0.15, -0.1) is 0 Å². The quantitative estimate of drug-likeness (QED) is 0.657. The maximum atomic E-state index is 12.3. The topological polar surface area (TPSA) is 101 Å². The molecule has 4 atom stereocenters. The SMILES string of the molecule is CC(C)C[C@@H](N)P(=O)(O)[C@@H]1CCC[C@H]1C(=O)O. The lowest BCUT2D eigenvalue weighted by molar-refractivity contribution is -0.141. The Labute approximate surface area is 102 Å². The molecule has 6 heteroatoms. The fourth-order valence-corrected chi connectivity index (χ4v) is 5.11. The van der Waals surface area contributed by atoms with E-state index < -0.39 is 30.7 Å². The second-order valence-electron chi connectivity index (χ2n) is 5.31. The fraction of sp³-hybridized carbons (Fsp3) is 0.909. The normalized spacial score (nSPS) is 30.2. The van der Waals surface area contributed by atoms with Gasteiger partial charge in [0.1, 0.15) is 0 Å². The standard InChI is InChI=1S/C11H22NO4P/c1-7(2)6-10(12)17(15,16)9-5-3-4-8(9)11(13)14/h7-10H,3-6,12H2,1-2H3,(H,13,14)(H,15,16)/t8-,9-,10+/m1/s1. The van der Waals surface area contributed by atoms with Gasteiger partial charge < -0.3 is 15.7 Å². The van der Waals surface area contributed by atoms with E-state index in [1.54, 1.807) is 0 Å². The minimum atomic E-state index is -3.60. The highest BCUT2D eigenvalue weighted by molar-refractivity contribution is 7.59. The average Bonchev–Trinajstić information content (AvgIpc) is 2.64. The van der Waals surface area contributed by atoms with Crippen LogP contribution in [0.1, 0.15) is 39.5 Å². The predicted octanol–water partition coefficient (Wildman–Crippen LogP) is 1.84. The molecule has 1 fully saturated rings. The van der Waals surface area contributed by atoms with Crippen LogP contribution in [0.25, 0.3) is 0 Å². The first-order valence-corrected chi connectivity index (χ1v) is 7.87. The summed E-state index contributed by atoms with van der Waals surface area (Å²) in [5.74, 6) is -2.25. The van der Waals surface area contributed by atoms with Crippen LogP contribution in [-0.2, 0) is 9.36 Å². The Kier molecular flexibility index (Phi) is 4.76. The molecule has 1 saturated carbocycles. The summed E-state index contributed by atoms with van der Waals surface area (Å²) >= 11 is 0. The zero-order valence-corrected chi connectivity index (χ0v) is 11.3. The van der Waals surface area contributed by atoms with E-state index in [4.69, 9.17) is 10.8 Å². The van der Waals surface area contributed by atoms with Gasteiger partial charge in [-0.05, 0) is 25.2 Å². The lowest BCUT2D eigenvalue weighted by Crippen LogP contribution is -2.32. The van der Waals surface area contributed by atoms with Crippen LogP contribution >= 0.6 is 7.37 Å². The van der Waals surface area contributed by atoms with Crippen molar-refractivity contribution in [1.82, 2.24) is 0 Å². The zero-order chi connectivity index (χ0) is 13.2. The van der Waals surface area contributed by atoms with E-state index >= 15 is 0 Å². The van der Waals surface area contributed by atoms with Crippen molar-refractivity contribution in [3.05, 3.63) is 0 Å². The van der Waals surface area contributed by atoms with Crippen LogP contribution in [0.3, 0.4) is 0 Å². The number of hydrogen-bond donors (Lipinski definition) is 3. The Morgan fingerprint density at radius 3 is 2.53 bits per heavy atom. The molecule has 1 aliphatic rings. The summed E-state index contributed by atoms with van der Waals surface area (Å²) in [6, 6.07) is 0. The summed E-state index contributed by atoms with van der Waals surface area (Å²) in [5.41, 5.74) is 5.13. The van der Waals surface area contributed by atoms with Gasteiger partial charge in [-0.3, -0.25) is 9.36 Å². The maximum absolute atomic E-state index is 12.3.